The number of aliphatic hydroxyl groups excluding tert-OH is 3. The van der Waals surface area contributed by atoms with Crippen molar-refractivity contribution in [3.8, 4) is 0 Å². The van der Waals surface area contributed by atoms with Gasteiger partial charge in [-0.1, -0.05) is 0 Å². The summed E-state index contributed by atoms with van der Waals surface area (Å²) in [6.45, 7) is 8.81. The summed E-state index contributed by atoms with van der Waals surface area (Å²) in [5.41, 5.74) is 3.50. The third-order valence-corrected chi connectivity index (χ3v) is 5.70. The molecule has 0 unspecified atom stereocenters. The summed E-state index contributed by atoms with van der Waals surface area (Å²) in [7, 11) is 0. The predicted molar refractivity (Wildman–Crippen MR) is 115 cm³/mol. The molecule has 192 valence electrons. The third-order valence-electron chi connectivity index (χ3n) is 5.70. The zero-order valence-corrected chi connectivity index (χ0v) is 20.3. The monoisotopic (exact) mass is 477 g/mol. The van der Waals surface area contributed by atoms with Crippen LogP contribution in [0.25, 0.3) is 0 Å². The average molecular weight is 478 g/mol. The number of hydrogen-bond donors (Lipinski definition) is 6. The van der Waals surface area contributed by atoms with Gasteiger partial charge >= 0.3 is 17.9 Å². The van der Waals surface area contributed by atoms with Crippen LogP contribution in [0, 0.1) is 16.2 Å². The van der Waals surface area contributed by atoms with Gasteiger partial charge in [-0.05, 0) is 60.8 Å². The molecule has 0 aliphatic heterocycles. The van der Waals surface area contributed by atoms with E-state index in [-0.39, 0.29) is 39.1 Å². The van der Waals surface area contributed by atoms with Gasteiger partial charge < -0.3 is 29.8 Å². The fraction of sp³-hybridized carbons (Fsp3) is 0.857. The fourth-order valence-electron chi connectivity index (χ4n) is 4.15. The van der Waals surface area contributed by atoms with Gasteiger partial charge in [0.2, 0.25) is 0 Å². The molecule has 1 aliphatic carbocycles. The molecule has 0 aromatic carbocycles. The molecule has 6 N–H and O–H groups in total. The Bertz CT molecular complexity index is 592. The first-order valence-electron chi connectivity index (χ1n) is 11.0. The minimum atomic E-state index is -1.28. The Morgan fingerprint density at radius 3 is 1.03 bits per heavy atom. The van der Waals surface area contributed by atoms with Crippen LogP contribution in [0.4, 0.5) is 0 Å². The van der Waals surface area contributed by atoms with E-state index in [2.05, 4.69) is 16.4 Å². The molecule has 12 nitrogen and oxygen atoms in total. The van der Waals surface area contributed by atoms with Gasteiger partial charge in [0.1, 0.15) is 0 Å². The van der Waals surface area contributed by atoms with E-state index < -0.39 is 52.3 Å². The van der Waals surface area contributed by atoms with E-state index in [1.165, 1.54) is 0 Å². The van der Waals surface area contributed by atoms with E-state index in [0.29, 0.717) is 0 Å². The molecule has 1 saturated carbocycles. The minimum Gasteiger partial charge on any atom is -0.395 e. The van der Waals surface area contributed by atoms with E-state index in [0.717, 1.165) is 0 Å². The maximum atomic E-state index is 13.0. The first-order valence-corrected chi connectivity index (χ1v) is 11.0. The normalized spacial score (nSPS) is 30.1. The number of nitrogens with one attached hydrogen (secondary N) is 3. The molecule has 0 saturated heterocycles. The number of carbonyl (C=O) groups excluding carboxylic acids is 3. The van der Waals surface area contributed by atoms with Gasteiger partial charge in [0.25, 0.3) is 0 Å². The summed E-state index contributed by atoms with van der Waals surface area (Å²) in [5, 5.41) is 27.5. The lowest BCUT2D eigenvalue weighted by atomic mass is 9.54. The highest BCUT2D eigenvalue weighted by molar-refractivity contribution is 5.85. The van der Waals surface area contributed by atoms with Crippen LogP contribution in [-0.4, -0.2) is 71.2 Å². The van der Waals surface area contributed by atoms with Gasteiger partial charge in [0.05, 0.1) is 54.2 Å². The Kier molecular flexibility index (Phi) is 10.7. The molecule has 0 amide bonds. The summed E-state index contributed by atoms with van der Waals surface area (Å²) in [4.78, 5) is 54.5. The smallest absolute Gasteiger partial charge is 0.330 e. The second-order valence-corrected chi connectivity index (χ2v) is 9.99. The number of hydrogen-bond acceptors (Lipinski definition) is 12. The van der Waals surface area contributed by atoms with E-state index >= 15 is 0 Å². The zero-order chi connectivity index (χ0) is 25.4. The van der Waals surface area contributed by atoms with E-state index in [1.54, 1.807) is 41.5 Å². The Labute approximate surface area is 194 Å². The molecule has 0 bridgehead atoms. The van der Waals surface area contributed by atoms with Crippen LogP contribution in [0.1, 0.15) is 60.8 Å². The van der Waals surface area contributed by atoms with Gasteiger partial charge in [-0.15, -0.1) is 16.4 Å². The first kappa shape index (κ1) is 29.2. The molecule has 0 heterocycles. The fourth-order valence-corrected chi connectivity index (χ4v) is 4.15. The Morgan fingerprint density at radius 1 is 0.636 bits per heavy atom. The van der Waals surface area contributed by atoms with Gasteiger partial charge in [-0.3, -0.25) is 0 Å². The lowest BCUT2D eigenvalue weighted by Crippen LogP contribution is -2.55. The predicted octanol–water partition coefficient (Wildman–Crippen LogP) is -0.525. The van der Waals surface area contributed by atoms with Crippen molar-refractivity contribution in [2.45, 2.75) is 78.9 Å². The number of hydroxylamine groups is 3. The van der Waals surface area contributed by atoms with Crippen molar-refractivity contribution in [3.05, 3.63) is 0 Å². The molecule has 3 atom stereocenters. The van der Waals surface area contributed by atoms with Gasteiger partial charge in [-0.2, -0.15) is 0 Å². The van der Waals surface area contributed by atoms with Crippen molar-refractivity contribution in [1.82, 2.24) is 16.4 Å². The standard InChI is InChI=1S/C21H39N3O9/c1-13(7-25)22-31-16(28)19(4)10-20(5,17(29)32-23-14(2)8-26)12-21(6,11-19)18(30)33-24-15(3)9-27/h13-15,22-27H,7-12H2,1-6H3/t13-,14-,15-,19?,20?,21?/m0/s1. The van der Waals surface area contributed by atoms with Crippen molar-refractivity contribution in [2.24, 2.45) is 16.2 Å². The molecule has 33 heavy (non-hydrogen) atoms. The summed E-state index contributed by atoms with van der Waals surface area (Å²) < 4.78 is 0. The van der Waals surface area contributed by atoms with Crippen LogP contribution in [0.3, 0.4) is 0 Å². The second-order valence-electron chi connectivity index (χ2n) is 9.99. The quantitative estimate of drug-likeness (QED) is 0.157. The Hall–Kier alpha value is -1.83. The summed E-state index contributed by atoms with van der Waals surface area (Å²) in [6.07, 6.45) is 0.0577. The number of rotatable bonds is 12. The largest absolute Gasteiger partial charge is 0.395 e. The van der Waals surface area contributed by atoms with Crippen LogP contribution in [0.5, 0.6) is 0 Å². The van der Waals surface area contributed by atoms with Crippen molar-refractivity contribution in [1.29, 1.82) is 0 Å². The summed E-state index contributed by atoms with van der Waals surface area (Å²) >= 11 is 0. The SMILES string of the molecule is C[C@@H](CO)NOC(=O)C1(C)CC(C)(C(=O)ON[C@@H](C)CO)CC(C)(C(=O)ON[C@@H](C)CO)C1. The van der Waals surface area contributed by atoms with Gasteiger partial charge in [0, 0.05) is 0 Å². The first-order chi connectivity index (χ1) is 15.2. The molecule has 12 heteroatoms. The number of aliphatic hydroxyl groups is 3. The van der Waals surface area contributed by atoms with Gasteiger partial charge in [0.15, 0.2) is 0 Å². The lowest BCUT2D eigenvalue weighted by Gasteiger charge is -2.48. The molecule has 1 rings (SSSR count). The Morgan fingerprint density at radius 2 is 0.848 bits per heavy atom. The summed E-state index contributed by atoms with van der Waals surface area (Å²) in [6, 6.07) is -1.54. The maximum absolute atomic E-state index is 13.0. The molecule has 0 spiro atoms. The molecule has 0 aromatic rings. The minimum absolute atomic E-state index is 0.0192. The van der Waals surface area contributed by atoms with Crippen LogP contribution >= 0.6 is 0 Å². The highest BCUT2D eigenvalue weighted by Gasteiger charge is 2.60. The van der Waals surface area contributed by atoms with Crippen molar-refractivity contribution in [3.63, 3.8) is 0 Å². The van der Waals surface area contributed by atoms with Crippen LogP contribution < -0.4 is 16.4 Å². The van der Waals surface area contributed by atoms with Crippen LogP contribution in [-0.2, 0) is 28.9 Å². The topological polar surface area (TPSA) is 176 Å². The lowest BCUT2D eigenvalue weighted by molar-refractivity contribution is -0.193. The van der Waals surface area contributed by atoms with Crippen molar-refractivity contribution >= 4 is 17.9 Å². The van der Waals surface area contributed by atoms with Crippen LogP contribution in [0.15, 0.2) is 0 Å². The molecule has 0 aromatic heterocycles. The molecule has 1 aliphatic rings. The average Bonchev–Trinajstić information content (AvgIpc) is 2.77. The third kappa shape index (κ3) is 7.87. The van der Waals surface area contributed by atoms with Gasteiger partial charge in [-0.25, -0.2) is 14.4 Å². The second kappa shape index (κ2) is 12.0. The van der Waals surface area contributed by atoms with E-state index in [1.807, 2.05) is 0 Å². The Balaban J connectivity index is 3.20. The highest BCUT2D eigenvalue weighted by atomic mass is 16.7. The summed E-state index contributed by atoms with van der Waals surface area (Å²) in [5.74, 6) is -2.10. The van der Waals surface area contributed by atoms with Crippen LogP contribution in [0.2, 0.25) is 0 Å². The number of carbonyl (C=O) groups is 3. The molecular formula is C21H39N3O9. The maximum Gasteiger partial charge on any atom is 0.330 e. The highest BCUT2D eigenvalue weighted by Crippen LogP contribution is 2.55. The van der Waals surface area contributed by atoms with Crippen molar-refractivity contribution in [2.75, 3.05) is 19.8 Å². The van der Waals surface area contributed by atoms with E-state index in [4.69, 9.17) is 29.8 Å². The molecule has 0 radical (unpaired) electrons. The van der Waals surface area contributed by atoms with Crippen molar-refractivity contribution < 1.29 is 44.2 Å². The zero-order valence-electron chi connectivity index (χ0n) is 20.3. The molecule has 1 fully saturated rings. The van der Waals surface area contributed by atoms with E-state index in [9.17, 15) is 14.4 Å². The molecular weight excluding hydrogens is 438 g/mol.